The molecule has 4 amide bonds. The SMILES string of the molecule is Cc1ccc(N(C)C(=O)Oc2ccc3c(c2C)C(=O)N(C2CCC(=O)NC2=O)C3)cc1Cl. The lowest BCUT2D eigenvalue weighted by atomic mass is 10.0. The van der Waals surface area contributed by atoms with E-state index in [1.165, 1.54) is 9.80 Å². The highest BCUT2D eigenvalue weighted by Gasteiger charge is 2.40. The molecule has 0 bridgehead atoms. The lowest BCUT2D eigenvalue weighted by Crippen LogP contribution is -2.52. The van der Waals surface area contributed by atoms with Gasteiger partial charge in [0.25, 0.3) is 5.91 Å². The van der Waals surface area contributed by atoms with Crippen molar-refractivity contribution in [3.8, 4) is 5.75 Å². The van der Waals surface area contributed by atoms with Crippen molar-refractivity contribution in [2.24, 2.45) is 0 Å². The Morgan fingerprint density at radius 3 is 2.62 bits per heavy atom. The molecule has 0 aliphatic carbocycles. The molecular formula is C23H22ClN3O5. The minimum Gasteiger partial charge on any atom is -0.410 e. The first kappa shape index (κ1) is 21.8. The van der Waals surface area contributed by atoms with E-state index in [2.05, 4.69) is 5.32 Å². The van der Waals surface area contributed by atoms with Crippen LogP contribution in [0.3, 0.4) is 0 Å². The fourth-order valence-electron chi connectivity index (χ4n) is 3.98. The van der Waals surface area contributed by atoms with Crippen molar-refractivity contribution < 1.29 is 23.9 Å². The number of carbonyl (C=O) groups excluding carboxylic acids is 4. The summed E-state index contributed by atoms with van der Waals surface area (Å²) in [6.45, 7) is 3.83. The van der Waals surface area contributed by atoms with Crippen LogP contribution >= 0.6 is 11.6 Å². The first-order chi connectivity index (χ1) is 15.2. The van der Waals surface area contributed by atoms with Crippen LogP contribution < -0.4 is 15.0 Å². The zero-order valence-electron chi connectivity index (χ0n) is 17.9. The number of rotatable bonds is 3. The number of aryl methyl sites for hydroxylation is 1. The lowest BCUT2D eigenvalue weighted by molar-refractivity contribution is -0.136. The Bertz CT molecular complexity index is 1160. The molecule has 0 saturated carbocycles. The summed E-state index contributed by atoms with van der Waals surface area (Å²) in [7, 11) is 1.57. The van der Waals surface area contributed by atoms with E-state index < -0.39 is 18.0 Å². The van der Waals surface area contributed by atoms with Crippen LogP contribution in [0.4, 0.5) is 10.5 Å². The van der Waals surface area contributed by atoms with E-state index in [4.69, 9.17) is 16.3 Å². The topological polar surface area (TPSA) is 96.0 Å². The van der Waals surface area contributed by atoms with Gasteiger partial charge in [0.1, 0.15) is 11.8 Å². The van der Waals surface area contributed by atoms with Gasteiger partial charge in [0, 0.05) is 36.3 Å². The standard InChI is InChI=1S/C23H22ClN3O5/c1-12-4-6-15(10-16(12)24)26(3)23(31)32-18-8-5-14-11-27(22(30)20(14)13(18)2)17-7-9-19(28)25-21(17)29/h4-6,8,10,17H,7,9,11H2,1-3H3,(H,25,28,29). The minimum atomic E-state index is -0.699. The molecule has 2 aromatic rings. The maximum absolute atomic E-state index is 13.1. The Labute approximate surface area is 190 Å². The molecule has 32 heavy (non-hydrogen) atoms. The average molecular weight is 456 g/mol. The molecule has 2 aliphatic heterocycles. The Morgan fingerprint density at radius 2 is 1.94 bits per heavy atom. The number of ether oxygens (including phenoxy) is 1. The molecule has 1 fully saturated rings. The first-order valence-corrected chi connectivity index (χ1v) is 10.5. The fraction of sp³-hybridized carbons (Fsp3) is 0.304. The summed E-state index contributed by atoms with van der Waals surface area (Å²) in [6, 6.07) is 7.91. The number of benzene rings is 2. The number of halogens is 1. The Morgan fingerprint density at radius 1 is 1.19 bits per heavy atom. The van der Waals surface area contributed by atoms with Gasteiger partial charge in [-0.15, -0.1) is 0 Å². The number of nitrogens with zero attached hydrogens (tertiary/aromatic N) is 2. The highest BCUT2D eigenvalue weighted by atomic mass is 35.5. The predicted molar refractivity (Wildman–Crippen MR) is 118 cm³/mol. The normalized spacial score (nSPS) is 17.8. The van der Waals surface area contributed by atoms with Crippen molar-refractivity contribution in [3.05, 3.63) is 57.6 Å². The van der Waals surface area contributed by atoms with Gasteiger partial charge in [0.15, 0.2) is 0 Å². The molecule has 1 N–H and O–H groups in total. The molecule has 1 saturated heterocycles. The van der Waals surface area contributed by atoms with E-state index in [1.807, 2.05) is 13.0 Å². The second kappa shape index (κ2) is 8.27. The number of hydrogen-bond acceptors (Lipinski definition) is 5. The predicted octanol–water partition coefficient (Wildman–Crippen LogP) is 3.35. The van der Waals surface area contributed by atoms with Gasteiger partial charge < -0.3 is 9.64 Å². The molecule has 166 valence electrons. The second-order valence-electron chi connectivity index (χ2n) is 7.98. The number of fused-ring (bicyclic) bond motifs is 1. The van der Waals surface area contributed by atoms with Gasteiger partial charge in [-0.3, -0.25) is 24.6 Å². The van der Waals surface area contributed by atoms with Gasteiger partial charge in [-0.05, 0) is 49.6 Å². The van der Waals surface area contributed by atoms with Crippen LogP contribution in [0.5, 0.6) is 5.75 Å². The van der Waals surface area contributed by atoms with Crippen LogP contribution in [0.2, 0.25) is 5.02 Å². The molecule has 2 aromatic carbocycles. The van der Waals surface area contributed by atoms with Crippen molar-refractivity contribution in [2.75, 3.05) is 11.9 Å². The lowest BCUT2D eigenvalue weighted by Gasteiger charge is -2.29. The third-order valence-electron chi connectivity index (χ3n) is 5.92. The number of imide groups is 1. The molecule has 8 nitrogen and oxygen atoms in total. The van der Waals surface area contributed by atoms with Crippen LogP contribution in [-0.4, -0.2) is 41.8 Å². The number of nitrogens with one attached hydrogen (secondary N) is 1. The summed E-state index contributed by atoms with van der Waals surface area (Å²) in [5.41, 5.74) is 3.15. The van der Waals surface area contributed by atoms with E-state index in [-0.39, 0.29) is 37.0 Å². The van der Waals surface area contributed by atoms with Crippen LogP contribution in [0, 0.1) is 13.8 Å². The van der Waals surface area contributed by atoms with E-state index in [0.29, 0.717) is 21.8 Å². The van der Waals surface area contributed by atoms with Crippen molar-refractivity contribution in [3.63, 3.8) is 0 Å². The fourth-order valence-corrected chi connectivity index (χ4v) is 4.15. The van der Waals surface area contributed by atoms with Crippen molar-refractivity contribution >= 4 is 41.1 Å². The molecule has 0 spiro atoms. The summed E-state index contributed by atoms with van der Waals surface area (Å²) in [4.78, 5) is 52.3. The van der Waals surface area contributed by atoms with Crippen molar-refractivity contribution in [2.45, 2.75) is 39.3 Å². The maximum atomic E-state index is 13.1. The molecular weight excluding hydrogens is 434 g/mol. The van der Waals surface area contributed by atoms with Crippen molar-refractivity contribution in [1.29, 1.82) is 0 Å². The summed E-state index contributed by atoms with van der Waals surface area (Å²) in [5, 5.41) is 2.82. The van der Waals surface area contributed by atoms with Gasteiger partial charge >= 0.3 is 6.09 Å². The summed E-state index contributed by atoms with van der Waals surface area (Å²) in [5.74, 6) is -0.856. The quantitative estimate of drug-likeness (QED) is 0.716. The molecule has 9 heteroatoms. The summed E-state index contributed by atoms with van der Waals surface area (Å²) >= 11 is 6.16. The highest BCUT2D eigenvalue weighted by Crippen LogP contribution is 2.34. The molecule has 0 aromatic heterocycles. The summed E-state index contributed by atoms with van der Waals surface area (Å²) < 4.78 is 5.57. The largest absolute Gasteiger partial charge is 0.419 e. The molecule has 2 aliphatic rings. The van der Waals surface area contributed by atoms with Crippen LogP contribution in [0.25, 0.3) is 0 Å². The van der Waals surface area contributed by atoms with Crippen LogP contribution in [0.1, 0.15) is 39.9 Å². The molecule has 4 rings (SSSR count). The van der Waals surface area contributed by atoms with Gasteiger partial charge in [-0.2, -0.15) is 0 Å². The number of carbonyl (C=O) groups is 4. The van der Waals surface area contributed by atoms with Crippen LogP contribution in [-0.2, 0) is 16.1 Å². The van der Waals surface area contributed by atoms with E-state index in [9.17, 15) is 19.2 Å². The number of hydrogen-bond donors (Lipinski definition) is 1. The smallest absolute Gasteiger partial charge is 0.410 e. The summed E-state index contributed by atoms with van der Waals surface area (Å²) in [6.07, 6.45) is -0.149. The molecule has 2 heterocycles. The number of piperidine rings is 1. The van der Waals surface area contributed by atoms with E-state index in [0.717, 1.165) is 11.1 Å². The van der Waals surface area contributed by atoms with Gasteiger partial charge in [0.2, 0.25) is 11.8 Å². The maximum Gasteiger partial charge on any atom is 0.419 e. The van der Waals surface area contributed by atoms with Crippen LogP contribution in [0.15, 0.2) is 30.3 Å². The minimum absolute atomic E-state index is 0.188. The Kier molecular flexibility index (Phi) is 5.64. The Balaban J connectivity index is 1.54. The van der Waals surface area contributed by atoms with Gasteiger partial charge in [-0.25, -0.2) is 4.79 Å². The van der Waals surface area contributed by atoms with Gasteiger partial charge in [0.05, 0.1) is 5.56 Å². The average Bonchev–Trinajstić information content (AvgIpc) is 3.08. The van der Waals surface area contributed by atoms with E-state index in [1.54, 1.807) is 38.2 Å². The second-order valence-corrected chi connectivity index (χ2v) is 8.39. The number of amides is 4. The zero-order chi connectivity index (χ0) is 23.2. The van der Waals surface area contributed by atoms with Crippen molar-refractivity contribution in [1.82, 2.24) is 10.2 Å². The molecule has 1 atom stereocenters. The first-order valence-electron chi connectivity index (χ1n) is 10.2. The number of anilines is 1. The Hall–Kier alpha value is -3.39. The highest BCUT2D eigenvalue weighted by molar-refractivity contribution is 6.31. The zero-order valence-corrected chi connectivity index (χ0v) is 18.7. The van der Waals surface area contributed by atoms with E-state index >= 15 is 0 Å². The van der Waals surface area contributed by atoms with Gasteiger partial charge in [-0.1, -0.05) is 23.7 Å². The monoisotopic (exact) mass is 455 g/mol. The molecule has 1 unspecified atom stereocenters. The third-order valence-corrected chi connectivity index (χ3v) is 6.32. The molecule has 0 radical (unpaired) electrons. The third kappa shape index (κ3) is 3.82.